The van der Waals surface area contributed by atoms with Crippen molar-refractivity contribution < 1.29 is 29.0 Å². The second-order valence-electron chi connectivity index (χ2n) is 4.77. The van der Waals surface area contributed by atoms with Crippen molar-refractivity contribution >= 4 is 18.0 Å². The highest BCUT2D eigenvalue weighted by molar-refractivity contribution is 5.82. The number of hydrogen-bond acceptors (Lipinski definition) is 5. The van der Waals surface area contributed by atoms with Crippen LogP contribution in [0.3, 0.4) is 0 Å². The van der Waals surface area contributed by atoms with Crippen LogP contribution >= 0.6 is 0 Å². The molecule has 0 aliphatic rings. The van der Waals surface area contributed by atoms with Gasteiger partial charge in [-0.1, -0.05) is 20.3 Å². The summed E-state index contributed by atoms with van der Waals surface area (Å²) in [6.45, 7) is 5.80. The van der Waals surface area contributed by atoms with Crippen LogP contribution in [0, 0.1) is 0 Å². The molecule has 21 heavy (non-hydrogen) atoms. The lowest BCUT2D eigenvalue weighted by atomic mass is 10.1. The quantitative estimate of drug-likeness (QED) is 0.473. The predicted molar refractivity (Wildman–Crippen MR) is 75.9 cm³/mol. The van der Waals surface area contributed by atoms with Gasteiger partial charge in [-0.3, -0.25) is 4.79 Å². The van der Waals surface area contributed by atoms with E-state index in [1.165, 1.54) is 0 Å². The molecule has 1 amide bonds. The van der Waals surface area contributed by atoms with Crippen LogP contribution in [0.25, 0.3) is 0 Å². The van der Waals surface area contributed by atoms with Crippen LogP contribution in [-0.2, 0) is 19.1 Å². The van der Waals surface area contributed by atoms with Crippen LogP contribution in [0.1, 0.15) is 52.9 Å². The number of ether oxygens (including phenoxy) is 2. The number of alkyl carbamates (subject to hydrolysis) is 1. The van der Waals surface area contributed by atoms with E-state index in [0.717, 1.165) is 12.8 Å². The summed E-state index contributed by atoms with van der Waals surface area (Å²) in [5.41, 5.74) is 0. The van der Waals surface area contributed by atoms with Crippen LogP contribution in [-0.4, -0.2) is 41.9 Å². The van der Waals surface area contributed by atoms with E-state index in [0.29, 0.717) is 6.42 Å². The lowest BCUT2D eigenvalue weighted by Crippen LogP contribution is -2.43. The zero-order valence-electron chi connectivity index (χ0n) is 12.9. The average Bonchev–Trinajstić information content (AvgIpc) is 2.43. The lowest BCUT2D eigenvalue weighted by Gasteiger charge is -2.19. The maximum atomic E-state index is 11.9. The van der Waals surface area contributed by atoms with Gasteiger partial charge in [0, 0.05) is 6.42 Å². The van der Waals surface area contributed by atoms with E-state index in [-0.39, 0.29) is 25.6 Å². The molecule has 0 heterocycles. The van der Waals surface area contributed by atoms with Crippen molar-refractivity contribution in [1.82, 2.24) is 5.32 Å². The second kappa shape index (κ2) is 10.9. The van der Waals surface area contributed by atoms with E-state index in [9.17, 15) is 14.4 Å². The Hall–Kier alpha value is -1.79. The highest BCUT2D eigenvalue weighted by Gasteiger charge is 2.25. The molecule has 0 radical (unpaired) electrons. The maximum Gasteiger partial charge on any atom is 0.407 e. The Kier molecular flexibility index (Phi) is 10.0. The third-order valence-electron chi connectivity index (χ3n) is 2.85. The molecule has 0 aliphatic carbocycles. The standard InChI is InChI=1S/C14H25NO6/c1-4-6-9-20-14(19)15-11(7-8-12(16)17)13(18)21-10(3)5-2/h10-11H,4-9H2,1-3H3,(H,15,19)(H,16,17). The maximum absolute atomic E-state index is 11.9. The third-order valence-corrected chi connectivity index (χ3v) is 2.85. The first-order valence-electron chi connectivity index (χ1n) is 7.26. The number of carbonyl (C=O) groups excluding carboxylic acids is 2. The lowest BCUT2D eigenvalue weighted by molar-refractivity contribution is -0.151. The van der Waals surface area contributed by atoms with Crippen molar-refractivity contribution in [3.05, 3.63) is 0 Å². The fourth-order valence-corrected chi connectivity index (χ4v) is 1.37. The summed E-state index contributed by atoms with van der Waals surface area (Å²) in [7, 11) is 0. The van der Waals surface area contributed by atoms with Crippen LogP contribution in [0.15, 0.2) is 0 Å². The number of unbranched alkanes of at least 4 members (excludes halogenated alkanes) is 1. The molecule has 2 unspecified atom stereocenters. The molecule has 0 spiro atoms. The van der Waals surface area contributed by atoms with Crippen LogP contribution < -0.4 is 5.32 Å². The zero-order chi connectivity index (χ0) is 16.3. The first kappa shape index (κ1) is 19.2. The van der Waals surface area contributed by atoms with Gasteiger partial charge in [0.1, 0.15) is 6.04 Å². The van der Waals surface area contributed by atoms with Gasteiger partial charge in [-0.25, -0.2) is 9.59 Å². The fraction of sp³-hybridized carbons (Fsp3) is 0.786. The topological polar surface area (TPSA) is 102 Å². The number of carboxylic acids is 1. The van der Waals surface area contributed by atoms with Crippen molar-refractivity contribution in [2.45, 2.75) is 65.0 Å². The van der Waals surface area contributed by atoms with Gasteiger partial charge in [0.25, 0.3) is 0 Å². The van der Waals surface area contributed by atoms with Gasteiger partial charge in [0.05, 0.1) is 12.7 Å². The molecule has 0 fully saturated rings. The minimum absolute atomic E-state index is 0.0342. The van der Waals surface area contributed by atoms with Crippen LogP contribution in [0.2, 0.25) is 0 Å². The predicted octanol–water partition coefficient (Wildman–Crippen LogP) is 2.09. The molecule has 0 saturated carbocycles. The number of rotatable bonds is 10. The number of carbonyl (C=O) groups is 3. The van der Waals surface area contributed by atoms with Gasteiger partial charge >= 0.3 is 18.0 Å². The minimum atomic E-state index is -1.04. The average molecular weight is 303 g/mol. The van der Waals surface area contributed by atoms with Crippen molar-refractivity contribution in [3.8, 4) is 0 Å². The Morgan fingerprint density at radius 3 is 2.43 bits per heavy atom. The van der Waals surface area contributed by atoms with Crippen LogP contribution in [0.4, 0.5) is 4.79 Å². The Morgan fingerprint density at radius 1 is 1.24 bits per heavy atom. The Balaban J connectivity index is 4.46. The van der Waals surface area contributed by atoms with Gasteiger partial charge in [-0.2, -0.15) is 0 Å². The summed E-state index contributed by atoms with van der Waals surface area (Å²) < 4.78 is 10.0. The van der Waals surface area contributed by atoms with Crippen molar-refractivity contribution in [3.63, 3.8) is 0 Å². The Morgan fingerprint density at radius 2 is 1.90 bits per heavy atom. The molecule has 0 bridgehead atoms. The molecule has 0 saturated heterocycles. The fourth-order valence-electron chi connectivity index (χ4n) is 1.37. The van der Waals surface area contributed by atoms with Gasteiger partial charge in [-0.05, 0) is 26.2 Å². The molecule has 0 aromatic carbocycles. The number of hydrogen-bond donors (Lipinski definition) is 2. The van der Waals surface area contributed by atoms with Crippen LogP contribution in [0.5, 0.6) is 0 Å². The first-order valence-corrected chi connectivity index (χ1v) is 7.26. The highest BCUT2D eigenvalue weighted by atomic mass is 16.6. The number of carboxylic acid groups (broad SMARTS) is 1. The number of aliphatic carboxylic acids is 1. The highest BCUT2D eigenvalue weighted by Crippen LogP contribution is 2.05. The van der Waals surface area contributed by atoms with E-state index in [4.69, 9.17) is 14.6 Å². The third kappa shape index (κ3) is 9.70. The summed E-state index contributed by atoms with van der Waals surface area (Å²) in [6.07, 6.45) is 0.945. The number of esters is 1. The summed E-state index contributed by atoms with van der Waals surface area (Å²) in [6, 6.07) is -1.01. The molecular formula is C14H25NO6. The normalized spacial score (nSPS) is 13.1. The molecule has 2 N–H and O–H groups in total. The summed E-state index contributed by atoms with van der Waals surface area (Å²) in [5, 5.41) is 11.0. The first-order chi connectivity index (χ1) is 9.90. The Labute approximate surface area is 125 Å². The van der Waals surface area contributed by atoms with Crippen molar-refractivity contribution in [1.29, 1.82) is 0 Å². The van der Waals surface area contributed by atoms with E-state index in [1.807, 2.05) is 13.8 Å². The van der Waals surface area contributed by atoms with E-state index >= 15 is 0 Å². The molecule has 7 heteroatoms. The summed E-state index contributed by atoms with van der Waals surface area (Å²) in [4.78, 5) is 34.1. The largest absolute Gasteiger partial charge is 0.481 e. The molecule has 7 nitrogen and oxygen atoms in total. The van der Waals surface area contributed by atoms with E-state index in [2.05, 4.69) is 5.32 Å². The molecule has 0 aromatic rings. The molecule has 2 atom stereocenters. The second-order valence-corrected chi connectivity index (χ2v) is 4.77. The molecule has 0 aliphatic heterocycles. The van der Waals surface area contributed by atoms with Gasteiger partial charge in [0.2, 0.25) is 0 Å². The van der Waals surface area contributed by atoms with E-state index in [1.54, 1.807) is 6.92 Å². The molecule has 0 aromatic heterocycles. The minimum Gasteiger partial charge on any atom is -0.481 e. The monoisotopic (exact) mass is 303 g/mol. The smallest absolute Gasteiger partial charge is 0.407 e. The molecule has 0 rings (SSSR count). The SMILES string of the molecule is CCCCOC(=O)NC(CCC(=O)O)C(=O)OC(C)CC. The summed E-state index contributed by atoms with van der Waals surface area (Å²) in [5.74, 6) is -1.68. The van der Waals surface area contributed by atoms with Gasteiger partial charge < -0.3 is 19.9 Å². The number of amides is 1. The summed E-state index contributed by atoms with van der Waals surface area (Å²) >= 11 is 0. The Bertz CT molecular complexity index is 344. The zero-order valence-corrected chi connectivity index (χ0v) is 12.9. The van der Waals surface area contributed by atoms with Crippen molar-refractivity contribution in [2.75, 3.05) is 6.61 Å². The van der Waals surface area contributed by atoms with Gasteiger partial charge in [0.15, 0.2) is 0 Å². The number of nitrogens with one attached hydrogen (secondary N) is 1. The van der Waals surface area contributed by atoms with E-state index < -0.39 is 24.1 Å². The van der Waals surface area contributed by atoms with Crippen molar-refractivity contribution in [2.24, 2.45) is 0 Å². The molecular weight excluding hydrogens is 278 g/mol. The van der Waals surface area contributed by atoms with Gasteiger partial charge in [-0.15, -0.1) is 0 Å². The molecule has 122 valence electrons.